The van der Waals surface area contributed by atoms with E-state index in [0.29, 0.717) is 6.04 Å². The Labute approximate surface area is 119 Å². The van der Waals surface area contributed by atoms with Crippen LogP contribution in [0.3, 0.4) is 0 Å². The van der Waals surface area contributed by atoms with Crippen LogP contribution in [0.1, 0.15) is 18.4 Å². The molecule has 0 aliphatic carbocycles. The third-order valence-electron chi connectivity index (χ3n) is 3.90. The minimum absolute atomic E-state index is 0.332. The Morgan fingerprint density at radius 1 is 1.15 bits per heavy atom. The molecule has 0 saturated carbocycles. The van der Waals surface area contributed by atoms with E-state index in [0.717, 1.165) is 42.9 Å². The van der Waals surface area contributed by atoms with Crippen LogP contribution in [0.4, 0.5) is 5.69 Å². The van der Waals surface area contributed by atoms with E-state index < -0.39 is 0 Å². The van der Waals surface area contributed by atoms with Crippen molar-refractivity contribution in [2.75, 3.05) is 18.0 Å². The van der Waals surface area contributed by atoms with Gasteiger partial charge >= 0.3 is 0 Å². The van der Waals surface area contributed by atoms with Crippen LogP contribution in [0.25, 0.3) is 11.3 Å². The molecule has 1 aliphatic heterocycles. The van der Waals surface area contributed by atoms with E-state index in [1.165, 1.54) is 5.56 Å². The Kier molecular flexibility index (Phi) is 3.65. The van der Waals surface area contributed by atoms with Gasteiger partial charge in [-0.25, -0.2) is 9.97 Å². The van der Waals surface area contributed by atoms with Crippen molar-refractivity contribution < 1.29 is 0 Å². The number of nitrogens with zero attached hydrogens (tertiary/aromatic N) is 3. The van der Waals surface area contributed by atoms with Gasteiger partial charge in [-0.1, -0.05) is 29.8 Å². The number of aryl methyl sites for hydroxylation is 1. The first kappa shape index (κ1) is 13.1. The van der Waals surface area contributed by atoms with Crippen molar-refractivity contribution in [3.8, 4) is 11.3 Å². The van der Waals surface area contributed by atoms with Gasteiger partial charge < -0.3 is 10.6 Å². The van der Waals surface area contributed by atoms with E-state index in [1.54, 1.807) is 6.33 Å². The van der Waals surface area contributed by atoms with Crippen molar-refractivity contribution >= 4 is 5.69 Å². The van der Waals surface area contributed by atoms with Crippen molar-refractivity contribution in [1.82, 2.24) is 9.97 Å². The molecule has 0 amide bonds. The predicted octanol–water partition coefficient (Wildman–Crippen LogP) is 2.38. The first-order valence-corrected chi connectivity index (χ1v) is 7.11. The van der Waals surface area contributed by atoms with Crippen LogP contribution in [-0.4, -0.2) is 29.1 Å². The number of rotatable bonds is 2. The van der Waals surface area contributed by atoms with Gasteiger partial charge in [0.2, 0.25) is 0 Å². The number of aromatic nitrogens is 2. The monoisotopic (exact) mass is 268 g/mol. The van der Waals surface area contributed by atoms with Crippen molar-refractivity contribution in [2.45, 2.75) is 25.8 Å². The molecule has 4 nitrogen and oxygen atoms in total. The Morgan fingerprint density at radius 2 is 1.85 bits per heavy atom. The normalized spacial score (nSPS) is 16.4. The molecular weight excluding hydrogens is 248 g/mol. The summed E-state index contributed by atoms with van der Waals surface area (Å²) in [5, 5.41) is 0. The van der Waals surface area contributed by atoms with E-state index in [2.05, 4.69) is 46.1 Å². The highest BCUT2D eigenvalue weighted by atomic mass is 15.2. The maximum absolute atomic E-state index is 5.98. The largest absolute Gasteiger partial charge is 0.368 e. The topological polar surface area (TPSA) is 55.0 Å². The van der Waals surface area contributed by atoms with Crippen molar-refractivity contribution in [3.05, 3.63) is 42.4 Å². The second-order valence-corrected chi connectivity index (χ2v) is 5.45. The van der Waals surface area contributed by atoms with Crippen LogP contribution in [0, 0.1) is 6.92 Å². The SMILES string of the molecule is Cc1ccc(-c2ncncc2N2CCC(N)CC2)cc1. The summed E-state index contributed by atoms with van der Waals surface area (Å²) in [7, 11) is 0. The van der Waals surface area contributed by atoms with Crippen LogP contribution in [0.2, 0.25) is 0 Å². The third kappa shape index (κ3) is 2.65. The molecule has 2 N–H and O–H groups in total. The average molecular weight is 268 g/mol. The average Bonchev–Trinajstić information content (AvgIpc) is 2.49. The molecular formula is C16H20N4. The molecule has 2 aromatic rings. The standard InChI is InChI=1S/C16H20N4/c1-12-2-4-13(5-3-12)16-15(10-18-11-19-16)20-8-6-14(17)7-9-20/h2-5,10-11,14H,6-9,17H2,1H3. The van der Waals surface area contributed by atoms with E-state index in [9.17, 15) is 0 Å². The number of hydrogen-bond acceptors (Lipinski definition) is 4. The maximum Gasteiger partial charge on any atom is 0.116 e. The molecule has 0 spiro atoms. The first-order chi connectivity index (χ1) is 9.74. The Balaban J connectivity index is 1.94. The van der Waals surface area contributed by atoms with Crippen LogP contribution >= 0.6 is 0 Å². The van der Waals surface area contributed by atoms with Crippen LogP contribution in [0.15, 0.2) is 36.8 Å². The molecule has 0 atom stereocenters. The van der Waals surface area contributed by atoms with Gasteiger partial charge in [-0.15, -0.1) is 0 Å². The molecule has 104 valence electrons. The molecule has 1 fully saturated rings. The highest BCUT2D eigenvalue weighted by Crippen LogP contribution is 2.29. The summed E-state index contributed by atoms with van der Waals surface area (Å²) >= 11 is 0. The van der Waals surface area contributed by atoms with E-state index in [1.807, 2.05) is 6.20 Å². The lowest BCUT2D eigenvalue weighted by atomic mass is 10.0. The number of nitrogens with two attached hydrogens (primary N) is 1. The first-order valence-electron chi connectivity index (χ1n) is 7.11. The van der Waals surface area contributed by atoms with Gasteiger partial charge in [0.25, 0.3) is 0 Å². The molecule has 0 bridgehead atoms. The Bertz CT molecular complexity index is 571. The lowest BCUT2D eigenvalue weighted by Crippen LogP contribution is -2.40. The summed E-state index contributed by atoms with van der Waals surface area (Å²) in [5.41, 5.74) is 10.5. The molecule has 1 aromatic heterocycles. The highest BCUT2D eigenvalue weighted by Gasteiger charge is 2.19. The van der Waals surface area contributed by atoms with Gasteiger partial charge in [-0.3, -0.25) is 0 Å². The van der Waals surface area contributed by atoms with Crippen LogP contribution in [-0.2, 0) is 0 Å². The minimum Gasteiger partial charge on any atom is -0.368 e. The quantitative estimate of drug-likeness (QED) is 0.908. The predicted molar refractivity (Wildman–Crippen MR) is 81.6 cm³/mol. The summed E-state index contributed by atoms with van der Waals surface area (Å²) < 4.78 is 0. The molecule has 4 heteroatoms. The van der Waals surface area contributed by atoms with Crippen LogP contribution in [0.5, 0.6) is 0 Å². The minimum atomic E-state index is 0.332. The van der Waals surface area contributed by atoms with Gasteiger partial charge in [0.1, 0.15) is 6.33 Å². The molecule has 1 aliphatic rings. The summed E-state index contributed by atoms with van der Waals surface area (Å²) in [6.45, 7) is 4.05. The number of hydrogen-bond donors (Lipinski definition) is 1. The van der Waals surface area contributed by atoms with Gasteiger partial charge in [0.15, 0.2) is 0 Å². The fourth-order valence-electron chi connectivity index (χ4n) is 2.63. The highest BCUT2D eigenvalue weighted by molar-refractivity contribution is 5.74. The van der Waals surface area contributed by atoms with Crippen LogP contribution < -0.4 is 10.6 Å². The van der Waals surface area contributed by atoms with E-state index >= 15 is 0 Å². The van der Waals surface area contributed by atoms with Gasteiger partial charge in [-0.05, 0) is 19.8 Å². The zero-order valence-corrected chi connectivity index (χ0v) is 11.8. The van der Waals surface area contributed by atoms with Gasteiger partial charge in [0.05, 0.1) is 17.6 Å². The zero-order valence-electron chi connectivity index (χ0n) is 11.8. The lowest BCUT2D eigenvalue weighted by Gasteiger charge is -2.32. The second-order valence-electron chi connectivity index (χ2n) is 5.45. The number of anilines is 1. The summed E-state index contributed by atoms with van der Waals surface area (Å²) in [4.78, 5) is 11.0. The smallest absolute Gasteiger partial charge is 0.116 e. The Morgan fingerprint density at radius 3 is 2.55 bits per heavy atom. The maximum atomic E-state index is 5.98. The fraction of sp³-hybridized carbons (Fsp3) is 0.375. The lowest BCUT2D eigenvalue weighted by molar-refractivity contribution is 0.501. The summed E-state index contributed by atoms with van der Waals surface area (Å²) in [6, 6.07) is 8.81. The molecule has 1 saturated heterocycles. The Hall–Kier alpha value is -1.94. The summed E-state index contributed by atoms with van der Waals surface area (Å²) in [5.74, 6) is 0. The van der Waals surface area contributed by atoms with Crippen molar-refractivity contribution in [1.29, 1.82) is 0 Å². The molecule has 0 unspecified atom stereocenters. The molecule has 2 heterocycles. The molecule has 20 heavy (non-hydrogen) atoms. The molecule has 1 aromatic carbocycles. The second kappa shape index (κ2) is 5.59. The third-order valence-corrected chi connectivity index (χ3v) is 3.90. The van der Waals surface area contributed by atoms with E-state index in [4.69, 9.17) is 5.73 Å². The van der Waals surface area contributed by atoms with Crippen molar-refractivity contribution in [2.24, 2.45) is 5.73 Å². The van der Waals surface area contributed by atoms with E-state index in [-0.39, 0.29) is 0 Å². The number of piperidine rings is 1. The van der Waals surface area contributed by atoms with Gasteiger partial charge in [-0.2, -0.15) is 0 Å². The number of benzene rings is 1. The zero-order chi connectivity index (χ0) is 13.9. The van der Waals surface area contributed by atoms with Gasteiger partial charge in [0, 0.05) is 24.7 Å². The fourth-order valence-corrected chi connectivity index (χ4v) is 2.63. The summed E-state index contributed by atoms with van der Waals surface area (Å²) in [6.07, 6.45) is 5.60. The molecule has 0 radical (unpaired) electrons. The van der Waals surface area contributed by atoms with Crippen molar-refractivity contribution in [3.63, 3.8) is 0 Å². The molecule has 3 rings (SSSR count).